The first kappa shape index (κ1) is 26.6. The van der Waals surface area contributed by atoms with Crippen molar-refractivity contribution in [3.05, 3.63) is 96.7 Å². The number of imidazole rings is 1. The van der Waals surface area contributed by atoms with Gasteiger partial charge in [0.1, 0.15) is 35.7 Å². The van der Waals surface area contributed by atoms with Gasteiger partial charge in [0.2, 0.25) is 5.95 Å². The van der Waals surface area contributed by atoms with Gasteiger partial charge in [-0.2, -0.15) is 5.10 Å². The quantitative estimate of drug-likeness (QED) is 0.295. The average molecular weight is 562 g/mol. The highest BCUT2D eigenvalue weighted by molar-refractivity contribution is 5.77. The van der Waals surface area contributed by atoms with Crippen LogP contribution in [0.15, 0.2) is 73.7 Å². The first-order chi connectivity index (χ1) is 19.8. The number of benzene rings is 2. The van der Waals surface area contributed by atoms with E-state index in [1.807, 2.05) is 9.47 Å². The topological polar surface area (TPSA) is 124 Å². The zero-order valence-electron chi connectivity index (χ0n) is 21.8. The summed E-state index contributed by atoms with van der Waals surface area (Å²) >= 11 is 0. The van der Waals surface area contributed by atoms with Gasteiger partial charge >= 0.3 is 0 Å². The molecule has 13 heteroatoms. The van der Waals surface area contributed by atoms with Gasteiger partial charge in [0.25, 0.3) is 0 Å². The third-order valence-corrected chi connectivity index (χ3v) is 7.28. The highest BCUT2D eigenvalue weighted by Crippen LogP contribution is 2.36. The number of hydrogen-bond acceptors (Lipinski definition) is 8. The molecule has 0 amide bonds. The fourth-order valence-corrected chi connectivity index (χ4v) is 5.44. The van der Waals surface area contributed by atoms with E-state index in [1.165, 1.54) is 35.5 Å². The van der Waals surface area contributed by atoms with E-state index < -0.39 is 17.2 Å². The maximum absolute atomic E-state index is 14.9. The molecular weight excluding hydrogens is 535 g/mol. The molecule has 1 saturated heterocycles. The van der Waals surface area contributed by atoms with Crippen molar-refractivity contribution in [3.63, 3.8) is 0 Å². The van der Waals surface area contributed by atoms with Crippen LogP contribution in [0.3, 0.4) is 0 Å². The van der Waals surface area contributed by atoms with E-state index in [0.717, 1.165) is 12.1 Å². The SMILES string of the molecule is Nc1nccc(-c2c(-c3ccc(F)cc3)ncn2[C@@H]2CCN(CC(O)(Cn3cncn3)c3ccc(F)cc3F)C2)n1. The Kier molecular flexibility index (Phi) is 6.97. The number of nitrogen functional groups attached to an aromatic ring is 1. The first-order valence-electron chi connectivity index (χ1n) is 12.9. The molecule has 3 N–H and O–H groups in total. The van der Waals surface area contributed by atoms with E-state index in [2.05, 4.69) is 25.0 Å². The maximum Gasteiger partial charge on any atom is 0.220 e. The van der Waals surface area contributed by atoms with Crippen LogP contribution >= 0.6 is 0 Å². The Balaban J connectivity index is 1.32. The Morgan fingerprint density at radius 2 is 1.78 bits per heavy atom. The fourth-order valence-electron chi connectivity index (χ4n) is 5.44. The second kappa shape index (κ2) is 10.7. The molecule has 10 nitrogen and oxygen atoms in total. The van der Waals surface area contributed by atoms with E-state index >= 15 is 0 Å². The number of nitrogens with zero attached hydrogens (tertiary/aromatic N) is 8. The van der Waals surface area contributed by atoms with E-state index in [4.69, 9.17) is 5.73 Å². The molecule has 4 heterocycles. The number of likely N-dealkylation sites (tertiary alicyclic amines) is 1. The molecule has 0 spiro atoms. The molecule has 1 aliphatic heterocycles. The summed E-state index contributed by atoms with van der Waals surface area (Å²) < 4.78 is 45.7. The molecule has 0 aliphatic carbocycles. The van der Waals surface area contributed by atoms with Crippen molar-refractivity contribution in [1.82, 2.24) is 39.2 Å². The van der Waals surface area contributed by atoms with Gasteiger partial charge in [-0.15, -0.1) is 0 Å². The maximum atomic E-state index is 14.9. The molecule has 0 saturated carbocycles. The molecule has 210 valence electrons. The van der Waals surface area contributed by atoms with Gasteiger partial charge in [-0.25, -0.2) is 37.8 Å². The Bertz CT molecular complexity index is 1660. The number of aromatic nitrogens is 7. The van der Waals surface area contributed by atoms with Crippen LogP contribution in [0.5, 0.6) is 0 Å². The minimum atomic E-state index is -1.72. The Morgan fingerprint density at radius 1 is 0.976 bits per heavy atom. The van der Waals surface area contributed by atoms with Crippen molar-refractivity contribution in [3.8, 4) is 22.6 Å². The van der Waals surface area contributed by atoms with Crippen molar-refractivity contribution in [1.29, 1.82) is 0 Å². The van der Waals surface area contributed by atoms with Gasteiger partial charge in [0.05, 0.1) is 30.0 Å². The van der Waals surface area contributed by atoms with Gasteiger partial charge in [-0.1, -0.05) is 6.07 Å². The number of β-amino-alcohol motifs (C(OH)–C–C–N with tert-alkyl or cyclic N) is 1. The lowest BCUT2D eigenvalue weighted by molar-refractivity contribution is -0.0170. The summed E-state index contributed by atoms with van der Waals surface area (Å²) in [6.45, 7) is 1.06. The predicted octanol–water partition coefficient (Wildman–Crippen LogP) is 3.43. The Hall–Kier alpha value is -4.62. The number of anilines is 1. The zero-order valence-corrected chi connectivity index (χ0v) is 21.8. The lowest BCUT2D eigenvalue weighted by Gasteiger charge is -2.33. The largest absolute Gasteiger partial charge is 0.382 e. The van der Waals surface area contributed by atoms with Crippen LogP contribution in [-0.2, 0) is 12.1 Å². The van der Waals surface area contributed by atoms with Crippen molar-refractivity contribution < 1.29 is 18.3 Å². The molecule has 3 aromatic heterocycles. The van der Waals surface area contributed by atoms with Gasteiger partial charge < -0.3 is 15.4 Å². The molecule has 1 fully saturated rings. The summed E-state index contributed by atoms with van der Waals surface area (Å²) in [7, 11) is 0. The number of nitrogens with two attached hydrogens (primary N) is 1. The predicted molar refractivity (Wildman–Crippen MR) is 143 cm³/mol. The molecule has 5 aromatic rings. The van der Waals surface area contributed by atoms with Gasteiger partial charge in [0.15, 0.2) is 0 Å². The van der Waals surface area contributed by atoms with Gasteiger partial charge in [-0.05, 0) is 42.8 Å². The summed E-state index contributed by atoms with van der Waals surface area (Å²) in [6.07, 6.45) is 6.72. The lowest BCUT2D eigenvalue weighted by atomic mass is 9.92. The normalized spacial score (nSPS) is 17.1. The monoisotopic (exact) mass is 561 g/mol. The standard InChI is InChI=1S/C28H26F3N9O/c29-19-3-1-18(2-4-19)25-26(24-7-9-34-27(32)37-24)40(17-35-25)21-8-10-38(12-21)13-28(41,14-39-16-33-15-36-39)22-6-5-20(30)11-23(22)31/h1-7,9,11,15-17,21,41H,8,10,12-14H2,(H2,32,34,37)/t21-,28?/m1/s1. The van der Waals surface area contributed by atoms with Crippen molar-refractivity contribution in [2.75, 3.05) is 25.4 Å². The number of halogens is 3. The fraction of sp³-hybridized carbons (Fsp3) is 0.250. The molecule has 2 atom stereocenters. The third-order valence-electron chi connectivity index (χ3n) is 7.28. The van der Waals surface area contributed by atoms with Crippen LogP contribution in [0.2, 0.25) is 0 Å². The molecule has 1 unspecified atom stereocenters. The van der Waals surface area contributed by atoms with Crippen molar-refractivity contribution in [2.24, 2.45) is 0 Å². The lowest BCUT2D eigenvalue weighted by Crippen LogP contribution is -2.44. The Labute approximate surface area is 233 Å². The zero-order chi connectivity index (χ0) is 28.6. The molecule has 1 aliphatic rings. The summed E-state index contributed by atoms with van der Waals surface area (Å²) in [6, 6.07) is 10.8. The summed E-state index contributed by atoms with van der Waals surface area (Å²) in [4.78, 5) is 19.0. The molecule has 2 aromatic carbocycles. The summed E-state index contributed by atoms with van der Waals surface area (Å²) in [5.41, 5.74) is 6.71. The van der Waals surface area contributed by atoms with E-state index in [9.17, 15) is 18.3 Å². The average Bonchev–Trinajstić information content (AvgIpc) is 3.70. The van der Waals surface area contributed by atoms with Gasteiger partial charge in [0, 0.05) is 49.1 Å². The second-order valence-corrected chi connectivity index (χ2v) is 10.1. The molecule has 0 bridgehead atoms. The minimum absolute atomic E-state index is 0.0313. The number of rotatable bonds is 8. The van der Waals surface area contributed by atoms with Crippen LogP contribution in [0.1, 0.15) is 18.0 Å². The van der Waals surface area contributed by atoms with Crippen LogP contribution in [0.25, 0.3) is 22.6 Å². The molecular formula is C28H26F3N9O. The van der Waals surface area contributed by atoms with Crippen LogP contribution < -0.4 is 5.73 Å². The number of aliphatic hydroxyl groups is 1. The minimum Gasteiger partial charge on any atom is -0.382 e. The number of hydrogen-bond donors (Lipinski definition) is 2. The van der Waals surface area contributed by atoms with Crippen LogP contribution in [0, 0.1) is 17.5 Å². The van der Waals surface area contributed by atoms with Gasteiger partial charge in [-0.3, -0.25) is 4.90 Å². The van der Waals surface area contributed by atoms with Crippen molar-refractivity contribution >= 4 is 5.95 Å². The molecule has 0 radical (unpaired) electrons. The highest BCUT2D eigenvalue weighted by atomic mass is 19.1. The highest BCUT2D eigenvalue weighted by Gasteiger charge is 2.38. The molecule has 6 rings (SSSR count). The third kappa shape index (κ3) is 5.41. The van der Waals surface area contributed by atoms with Crippen molar-refractivity contribution in [2.45, 2.75) is 24.6 Å². The van der Waals surface area contributed by atoms with Crippen LogP contribution in [0.4, 0.5) is 19.1 Å². The Morgan fingerprint density at radius 3 is 2.51 bits per heavy atom. The smallest absolute Gasteiger partial charge is 0.220 e. The van der Waals surface area contributed by atoms with E-state index in [0.29, 0.717) is 42.2 Å². The van der Waals surface area contributed by atoms with Crippen LogP contribution in [-0.4, -0.2) is 63.9 Å². The van der Waals surface area contributed by atoms with E-state index in [-0.39, 0.29) is 36.5 Å². The summed E-state index contributed by atoms with van der Waals surface area (Å²) in [5, 5.41) is 15.9. The first-order valence-corrected chi connectivity index (χ1v) is 12.9. The summed E-state index contributed by atoms with van der Waals surface area (Å²) in [5.74, 6) is -1.83. The van der Waals surface area contributed by atoms with E-state index in [1.54, 1.807) is 30.7 Å². The molecule has 41 heavy (non-hydrogen) atoms. The second-order valence-electron chi connectivity index (χ2n) is 10.1.